The van der Waals surface area contributed by atoms with Crippen molar-refractivity contribution < 1.29 is 32.5 Å². The molecular formula is C32H35F2N7O5. The fourth-order valence-electron chi connectivity index (χ4n) is 7.63. The number of fused-ring (bicyclic) bond motifs is 8. The zero-order chi connectivity index (χ0) is 31.4. The highest BCUT2D eigenvalue weighted by Crippen LogP contribution is 2.41. The number of H-pyrrole nitrogens is 1. The van der Waals surface area contributed by atoms with Gasteiger partial charge in [-0.3, -0.25) is 15.0 Å². The molecule has 12 nitrogen and oxygen atoms in total. The van der Waals surface area contributed by atoms with Crippen molar-refractivity contribution in [2.75, 3.05) is 57.5 Å². The number of carbonyl (C=O) groups excluding carboxylic acids is 1. The first-order chi connectivity index (χ1) is 22.4. The molecule has 6 bridgehead atoms. The number of hydrogen-bond donors (Lipinski definition) is 1. The number of alkyl halides is 1. The largest absolute Gasteiger partial charge is 0.508 e. The Morgan fingerprint density at radius 2 is 2.07 bits per heavy atom. The minimum Gasteiger partial charge on any atom is -0.461 e. The minimum atomic E-state index is -0.918. The number of carbonyl (C=O) groups is 1. The Kier molecular flexibility index (Phi) is 7.35. The average Bonchev–Trinajstić information content (AvgIpc) is 3.68. The van der Waals surface area contributed by atoms with Crippen molar-refractivity contribution in [3.05, 3.63) is 35.4 Å². The highest BCUT2D eigenvalue weighted by atomic mass is 19.1. The van der Waals surface area contributed by atoms with Crippen LogP contribution in [-0.4, -0.2) is 107 Å². The molecule has 46 heavy (non-hydrogen) atoms. The van der Waals surface area contributed by atoms with Crippen molar-refractivity contribution >= 4 is 33.8 Å². The van der Waals surface area contributed by atoms with E-state index in [-0.39, 0.29) is 43.6 Å². The first kappa shape index (κ1) is 29.2. The van der Waals surface area contributed by atoms with E-state index < -0.39 is 29.8 Å². The Morgan fingerprint density at radius 1 is 1.15 bits per heavy atom. The predicted molar refractivity (Wildman–Crippen MR) is 163 cm³/mol. The molecule has 9 rings (SSSR count). The third-order valence-corrected chi connectivity index (χ3v) is 9.77. The molecule has 0 amide bonds. The standard InChI is InChI=1S/C32H35F2N7O5/c1-18-10-24-22(13-36-39-24)25-21(18)4-2-8-44-31(42)46-20-15-40(7-9-43-16-20)29-23-12-35-28(25)26(34)27(23)37-30(38-29)45-17-32-5-3-6-41(32)14-19(33)11-32/h10,12-13,19-20H,2-9,11,14-17H2,1H3,(H,36,39)/t19-,20+,32+/m1/s1. The van der Waals surface area contributed by atoms with Gasteiger partial charge in [0.15, 0.2) is 5.82 Å². The number of benzene rings is 1. The molecule has 8 heterocycles. The Morgan fingerprint density at radius 3 is 2.98 bits per heavy atom. The molecule has 1 aromatic carbocycles. The summed E-state index contributed by atoms with van der Waals surface area (Å²) in [5.74, 6) is -0.228. The number of nitrogens with zero attached hydrogens (tertiary/aromatic N) is 6. The first-order valence-corrected chi connectivity index (χ1v) is 15.9. The second-order valence-corrected chi connectivity index (χ2v) is 12.7. The smallest absolute Gasteiger partial charge is 0.461 e. The van der Waals surface area contributed by atoms with Crippen LogP contribution < -0.4 is 9.64 Å². The Balaban J connectivity index is 1.30. The molecule has 4 aromatic rings. The zero-order valence-corrected chi connectivity index (χ0v) is 25.6. The molecule has 3 saturated heterocycles. The van der Waals surface area contributed by atoms with Gasteiger partial charge >= 0.3 is 12.2 Å². The summed E-state index contributed by atoms with van der Waals surface area (Å²) >= 11 is 0. The van der Waals surface area contributed by atoms with Crippen LogP contribution >= 0.6 is 0 Å². The van der Waals surface area contributed by atoms with Crippen LogP contribution in [0.3, 0.4) is 0 Å². The maximum Gasteiger partial charge on any atom is 0.508 e. The summed E-state index contributed by atoms with van der Waals surface area (Å²) in [7, 11) is 0. The third kappa shape index (κ3) is 5.07. The van der Waals surface area contributed by atoms with Crippen LogP contribution in [0.5, 0.6) is 6.01 Å². The molecule has 0 spiro atoms. The number of hydrogen-bond acceptors (Lipinski definition) is 11. The normalized spacial score (nSPS) is 25.5. The van der Waals surface area contributed by atoms with Gasteiger partial charge in [-0.2, -0.15) is 15.1 Å². The van der Waals surface area contributed by atoms with Crippen LogP contribution in [0.4, 0.5) is 19.4 Å². The van der Waals surface area contributed by atoms with Crippen molar-refractivity contribution in [1.29, 1.82) is 0 Å². The van der Waals surface area contributed by atoms with E-state index in [0.717, 1.165) is 36.0 Å². The second kappa shape index (κ2) is 11.6. The lowest BCUT2D eigenvalue weighted by atomic mass is 9.92. The van der Waals surface area contributed by atoms with E-state index in [9.17, 15) is 9.18 Å². The molecule has 242 valence electrons. The lowest BCUT2D eigenvalue weighted by Gasteiger charge is -2.31. The number of anilines is 1. The minimum absolute atomic E-state index is 0.0110. The van der Waals surface area contributed by atoms with Crippen molar-refractivity contribution in [1.82, 2.24) is 30.0 Å². The molecule has 3 aromatic heterocycles. The zero-order valence-electron chi connectivity index (χ0n) is 25.6. The number of aryl methyl sites for hydroxylation is 1. The molecule has 14 heteroatoms. The van der Waals surface area contributed by atoms with Crippen LogP contribution in [0.2, 0.25) is 0 Å². The average molecular weight is 636 g/mol. The van der Waals surface area contributed by atoms with Crippen LogP contribution in [0.15, 0.2) is 18.5 Å². The van der Waals surface area contributed by atoms with Crippen molar-refractivity contribution in [2.24, 2.45) is 0 Å². The van der Waals surface area contributed by atoms with Gasteiger partial charge in [0.25, 0.3) is 0 Å². The Labute approximate surface area is 263 Å². The van der Waals surface area contributed by atoms with Gasteiger partial charge in [-0.25, -0.2) is 13.6 Å². The predicted octanol–water partition coefficient (Wildman–Crippen LogP) is 4.28. The van der Waals surface area contributed by atoms with Crippen molar-refractivity contribution in [3.63, 3.8) is 0 Å². The van der Waals surface area contributed by atoms with Crippen LogP contribution in [0.25, 0.3) is 33.1 Å². The maximum atomic E-state index is 17.0. The van der Waals surface area contributed by atoms with Gasteiger partial charge in [0.05, 0.1) is 49.0 Å². The molecule has 5 aliphatic heterocycles. The summed E-state index contributed by atoms with van der Waals surface area (Å²) in [6, 6.07) is 1.96. The van der Waals surface area contributed by atoms with Crippen LogP contribution in [0, 0.1) is 12.7 Å². The van der Waals surface area contributed by atoms with Crippen LogP contribution in [-0.2, 0) is 20.6 Å². The summed E-state index contributed by atoms with van der Waals surface area (Å²) in [5.41, 5.74) is 2.88. The summed E-state index contributed by atoms with van der Waals surface area (Å²) in [4.78, 5) is 30.8. The highest BCUT2D eigenvalue weighted by molar-refractivity contribution is 5.99. The van der Waals surface area contributed by atoms with Crippen molar-refractivity contribution in [3.8, 4) is 17.3 Å². The SMILES string of the molecule is Cc1cc2[nH]ncc2c2c1CCCOC(=O)O[C@@H]1COCCN(C1)c1nc(OC[C@@]34CCCN3C[C@H](F)C4)nc3c(F)c-2ncc13. The van der Waals surface area contributed by atoms with E-state index >= 15 is 4.39 Å². The molecule has 5 aliphatic rings. The van der Waals surface area contributed by atoms with E-state index in [0.29, 0.717) is 61.1 Å². The molecule has 3 atom stereocenters. The van der Waals surface area contributed by atoms with Gasteiger partial charge in [0.2, 0.25) is 0 Å². The maximum absolute atomic E-state index is 17.0. The lowest BCUT2D eigenvalue weighted by Crippen LogP contribution is -2.43. The van der Waals surface area contributed by atoms with E-state index in [1.54, 1.807) is 12.4 Å². The number of rotatable bonds is 3. The Bertz CT molecular complexity index is 1820. The quantitative estimate of drug-likeness (QED) is 0.324. The van der Waals surface area contributed by atoms with Gasteiger partial charge < -0.3 is 23.8 Å². The van der Waals surface area contributed by atoms with E-state index in [2.05, 4.69) is 25.1 Å². The lowest BCUT2D eigenvalue weighted by molar-refractivity contribution is -0.00448. The summed E-state index contributed by atoms with van der Waals surface area (Å²) in [5, 5.41) is 8.31. The molecule has 3 fully saturated rings. The highest BCUT2D eigenvalue weighted by Gasteiger charge is 2.49. The number of ether oxygens (including phenoxy) is 4. The summed E-state index contributed by atoms with van der Waals surface area (Å²) in [6.45, 7) is 4.58. The Hall–Kier alpha value is -4.17. The van der Waals surface area contributed by atoms with Gasteiger partial charge in [0, 0.05) is 36.7 Å². The van der Waals surface area contributed by atoms with E-state index in [1.165, 1.54) is 0 Å². The second-order valence-electron chi connectivity index (χ2n) is 12.7. The summed E-state index contributed by atoms with van der Waals surface area (Å²) in [6.07, 6.45) is 4.03. The molecular weight excluding hydrogens is 600 g/mol. The monoisotopic (exact) mass is 635 g/mol. The van der Waals surface area contributed by atoms with E-state index in [1.807, 2.05) is 17.9 Å². The van der Waals surface area contributed by atoms with Gasteiger partial charge in [-0.1, -0.05) is 0 Å². The number of aromatic amines is 1. The van der Waals surface area contributed by atoms with Gasteiger partial charge in [0.1, 0.15) is 35.9 Å². The van der Waals surface area contributed by atoms with Gasteiger partial charge in [-0.05, 0) is 56.3 Å². The molecule has 0 unspecified atom stereocenters. The third-order valence-electron chi connectivity index (χ3n) is 9.77. The molecule has 1 N–H and O–H groups in total. The fourth-order valence-corrected chi connectivity index (χ4v) is 7.63. The number of pyridine rings is 1. The molecule has 0 saturated carbocycles. The summed E-state index contributed by atoms with van der Waals surface area (Å²) < 4.78 is 54.6. The topological polar surface area (TPSA) is 128 Å². The first-order valence-electron chi connectivity index (χ1n) is 15.9. The number of nitrogens with one attached hydrogen (secondary N) is 1. The number of aromatic nitrogens is 5. The molecule has 0 aliphatic carbocycles. The van der Waals surface area contributed by atoms with Gasteiger partial charge in [-0.15, -0.1) is 0 Å². The fraction of sp³-hybridized carbons (Fsp3) is 0.531. The molecule has 0 radical (unpaired) electrons. The van der Waals surface area contributed by atoms with Crippen LogP contribution in [0.1, 0.15) is 36.8 Å². The van der Waals surface area contributed by atoms with E-state index in [4.69, 9.17) is 23.9 Å². The van der Waals surface area contributed by atoms with Crippen molar-refractivity contribution in [2.45, 2.75) is 56.8 Å². The number of halogens is 2.